The van der Waals surface area contributed by atoms with E-state index in [9.17, 15) is 0 Å². The van der Waals surface area contributed by atoms with Crippen molar-refractivity contribution in [3.8, 4) is 17.1 Å². The molecule has 1 N–H and O–H groups in total. The van der Waals surface area contributed by atoms with Gasteiger partial charge in [-0.3, -0.25) is 0 Å². The summed E-state index contributed by atoms with van der Waals surface area (Å²) in [6.45, 7) is 7.38. The van der Waals surface area contributed by atoms with Crippen LogP contribution in [-0.2, 0) is 6.54 Å². The number of hydrogen-bond donors (Lipinski definition) is 1. The van der Waals surface area contributed by atoms with E-state index in [0.29, 0.717) is 30.0 Å². The lowest BCUT2D eigenvalue weighted by molar-refractivity contribution is 0.340. The molecule has 1 atom stereocenters. The molecule has 36 heavy (non-hydrogen) atoms. The molecule has 1 aliphatic rings. The van der Waals surface area contributed by atoms with Crippen LogP contribution < -0.4 is 10.1 Å². The summed E-state index contributed by atoms with van der Waals surface area (Å²) in [5.74, 6) is 1.80. The van der Waals surface area contributed by atoms with Gasteiger partial charge in [0.25, 0.3) is 5.89 Å². The van der Waals surface area contributed by atoms with E-state index in [1.807, 2.05) is 49.4 Å². The van der Waals surface area contributed by atoms with Crippen LogP contribution >= 0.6 is 12.2 Å². The third kappa shape index (κ3) is 4.88. The number of rotatable bonds is 7. The molecule has 0 radical (unpaired) electrons. The molecule has 7 heteroatoms. The zero-order valence-electron chi connectivity index (χ0n) is 20.6. The summed E-state index contributed by atoms with van der Waals surface area (Å²) in [5.41, 5.74) is 6.22. The second-order valence-electron chi connectivity index (χ2n) is 8.75. The van der Waals surface area contributed by atoms with Crippen LogP contribution in [0.1, 0.15) is 42.5 Å². The van der Waals surface area contributed by atoms with Crippen LogP contribution in [0.3, 0.4) is 0 Å². The normalized spacial score (nSPS) is 15.7. The predicted molar refractivity (Wildman–Crippen MR) is 145 cm³/mol. The largest absolute Gasteiger partial charge is 0.494 e. The Morgan fingerprint density at radius 3 is 2.50 bits per heavy atom. The molecular formula is C29H28N4O2S. The maximum Gasteiger partial charge on any atom is 0.258 e. The third-order valence-corrected chi connectivity index (χ3v) is 6.57. The van der Waals surface area contributed by atoms with Gasteiger partial charge in [-0.2, -0.15) is 4.98 Å². The summed E-state index contributed by atoms with van der Waals surface area (Å²) in [7, 11) is 0. The van der Waals surface area contributed by atoms with E-state index in [2.05, 4.69) is 65.6 Å². The molecule has 0 bridgehead atoms. The van der Waals surface area contributed by atoms with Gasteiger partial charge in [0, 0.05) is 17.8 Å². The number of nitrogens with one attached hydrogen (secondary N) is 1. The molecular weight excluding hydrogens is 468 g/mol. The number of nitrogens with zero attached hydrogens (tertiary/aromatic N) is 3. The van der Waals surface area contributed by atoms with Crippen molar-refractivity contribution < 1.29 is 9.26 Å². The van der Waals surface area contributed by atoms with Crippen LogP contribution in [0.2, 0.25) is 0 Å². The molecule has 0 amide bonds. The first kappa shape index (κ1) is 23.8. The number of aryl methyl sites for hydroxylation is 1. The zero-order valence-corrected chi connectivity index (χ0v) is 21.4. The lowest BCUT2D eigenvalue weighted by atomic mass is 9.94. The highest BCUT2D eigenvalue weighted by molar-refractivity contribution is 7.80. The molecule has 5 rings (SSSR count). The summed E-state index contributed by atoms with van der Waals surface area (Å²) >= 11 is 5.83. The number of benzene rings is 3. The number of allylic oxidation sites excluding steroid dienone is 1. The second-order valence-corrected chi connectivity index (χ2v) is 9.13. The molecule has 0 saturated carbocycles. The van der Waals surface area contributed by atoms with Crippen LogP contribution in [0, 0.1) is 6.92 Å². The van der Waals surface area contributed by atoms with Gasteiger partial charge in [0.05, 0.1) is 18.2 Å². The van der Waals surface area contributed by atoms with Gasteiger partial charge in [-0.15, -0.1) is 0 Å². The number of ether oxygens (including phenoxy) is 1. The van der Waals surface area contributed by atoms with E-state index in [1.165, 1.54) is 11.1 Å². The standard InChI is InChI=1S/C29H28N4O2S/c1-4-34-24-15-13-23(14-16-24)27-31-28(35-32-27)25-20(3)33(18-21-10-8-9-19(2)17-21)29(36)30-26(25)22-11-6-5-7-12-22/h5-17,26H,4,18H2,1-3H3,(H,30,36). The Balaban J connectivity index is 1.55. The van der Waals surface area contributed by atoms with E-state index < -0.39 is 0 Å². The highest BCUT2D eigenvalue weighted by Crippen LogP contribution is 2.38. The Hall–Kier alpha value is -3.97. The van der Waals surface area contributed by atoms with E-state index in [4.69, 9.17) is 26.5 Å². The number of hydrogen-bond acceptors (Lipinski definition) is 5. The molecule has 6 nitrogen and oxygen atoms in total. The molecule has 1 aromatic heterocycles. The quantitative estimate of drug-likeness (QED) is 0.301. The molecule has 0 saturated heterocycles. The minimum absolute atomic E-state index is 0.207. The monoisotopic (exact) mass is 496 g/mol. The fourth-order valence-corrected chi connectivity index (χ4v) is 4.77. The van der Waals surface area contributed by atoms with Gasteiger partial charge in [-0.05, 0) is 68.4 Å². The molecule has 0 spiro atoms. The van der Waals surface area contributed by atoms with Gasteiger partial charge in [-0.25, -0.2) is 0 Å². The van der Waals surface area contributed by atoms with Crippen molar-refractivity contribution >= 4 is 22.9 Å². The maximum absolute atomic E-state index is 5.85. The van der Waals surface area contributed by atoms with Crippen LogP contribution in [-0.4, -0.2) is 26.8 Å². The van der Waals surface area contributed by atoms with Crippen LogP contribution in [0.4, 0.5) is 0 Å². The predicted octanol–water partition coefficient (Wildman–Crippen LogP) is 6.31. The first-order valence-corrected chi connectivity index (χ1v) is 12.4. The Kier molecular flexibility index (Phi) is 6.82. The smallest absolute Gasteiger partial charge is 0.258 e. The van der Waals surface area contributed by atoms with Crippen molar-refractivity contribution in [3.63, 3.8) is 0 Å². The topological polar surface area (TPSA) is 63.4 Å². The van der Waals surface area contributed by atoms with Gasteiger partial charge < -0.3 is 19.5 Å². The molecule has 0 aliphatic carbocycles. The molecule has 1 aliphatic heterocycles. The van der Waals surface area contributed by atoms with E-state index in [-0.39, 0.29) is 6.04 Å². The summed E-state index contributed by atoms with van der Waals surface area (Å²) in [4.78, 5) is 6.90. The van der Waals surface area contributed by atoms with Crippen LogP contribution in [0.5, 0.6) is 5.75 Å². The molecule has 0 fully saturated rings. The minimum Gasteiger partial charge on any atom is -0.494 e. The first-order valence-electron chi connectivity index (χ1n) is 12.0. The van der Waals surface area contributed by atoms with Gasteiger partial charge in [0.1, 0.15) is 5.75 Å². The number of thiocarbonyl (C=S) groups is 1. The van der Waals surface area contributed by atoms with Gasteiger partial charge >= 0.3 is 0 Å². The lowest BCUT2D eigenvalue weighted by Crippen LogP contribution is -2.45. The fraction of sp³-hybridized carbons (Fsp3) is 0.207. The summed E-state index contributed by atoms with van der Waals surface area (Å²) < 4.78 is 11.4. The highest BCUT2D eigenvalue weighted by Gasteiger charge is 2.34. The number of aromatic nitrogens is 2. The highest BCUT2D eigenvalue weighted by atomic mass is 32.1. The second kappa shape index (κ2) is 10.3. The van der Waals surface area contributed by atoms with Crippen molar-refractivity contribution in [2.75, 3.05) is 6.61 Å². The summed E-state index contributed by atoms with van der Waals surface area (Å²) in [5, 5.41) is 8.49. The summed E-state index contributed by atoms with van der Waals surface area (Å²) in [6.07, 6.45) is 0. The van der Waals surface area contributed by atoms with Crippen molar-refractivity contribution in [1.82, 2.24) is 20.4 Å². The summed E-state index contributed by atoms with van der Waals surface area (Å²) in [6, 6.07) is 26.1. The Morgan fingerprint density at radius 2 is 1.78 bits per heavy atom. The molecule has 4 aromatic rings. The first-order chi connectivity index (χ1) is 17.5. The van der Waals surface area contributed by atoms with E-state index >= 15 is 0 Å². The average molecular weight is 497 g/mol. The Labute approximate surface area is 216 Å². The Morgan fingerprint density at radius 1 is 1.00 bits per heavy atom. The molecule has 1 unspecified atom stereocenters. The minimum atomic E-state index is -0.207. The SMILES string of the molecule is CCOc1ccc(-c2noc(C3=C(C)N(Cc4cccc(C)c4)C(=S)NC3c3ccccc3)n2)cc1. The molecule has 3 aromatic carbocycles. The van der Waals surface area contributed by atoms with Gasteiger partial charge in [0.15, 0.2) is 5.11 Å². The van der Waals surface area contributed by atoms with Crippen molar-refractivity contribution in [1.29, 1.82) is 0 Å². The van der Waals surface area contributed by atoms with E-state index in [0.717, 1.165) is 28.1 Å². The third-order valence-electron chi connectivity index (χ3n) is 6.23. The fourth-order valence-electron chi connectivity index (χ4n) is 4.45. The zero-order chi connectivity index (χ0) is 25.1. The van der Waals surface area contributed by atoms with Crippen molar-refractivity contribution in [3.05, 3.63) is 107 Å². The van der Waals surface area contributed by atoms with Crippen LogP contribution in [0.15, 0.2) is 89.1 Å². The van der Waals surface area contributed by atoms with Gasteiger partial charge in [-0.1, -0.05) is 65.3 Å². The van der Waals surface area contributed by atoms with Crippen molar-refractivity contribution in [2.24, 2.45) is 0 Å². The Bertz CT molecular complexity index is 1400. The van der Waals surface area contributed by atoms with Crippen molar-refractivity contribution in [2.45, 2.75) is 33.4 Å². The van der Waals surface area contributed by atoms with E-state index in [1.54, 1.807) is 0 Å². The molecule has 182 valence electrons. The van der Waals surface area contributed by atoms with Gasteiger partial charge in [0.2, 0.25) is 5.82 Å². The maximum atomic E-state index is 5.85. The van der Waals surface area contributed by atoms with Crippen LogP contribution in [0.25, 0.3) is 17.0 Å². The lowest BCUT2D eigenvalue weighted by Gasteiger charge is -2.37. The molecule has 2 heterocycles. The average Bonchev–Trinajstić information content (AvgIpc) is 3.37.